The van der Waals surface area contributed by atoms with Crippen LogP contribution in [0.3, 0.4) is 0 Å². The molecule has 1 aromatic carbocycles. The second-order valence-electron chi connectivity index (χ2n) is 4.56. The minimum Gasteiger partial charge on any atom is -0.494 e. The third-order valence-electron chi connectivity index (χ3n) is 3.21. The van der Waals surface area contributed by atoms with Crippen molar-refractivity contribution in [1.82, 2.24) is 5.32 Å². The SMILES string of the molecule is CCOc1ccc(N2CCCNC(CO)C2)cc1. The van der Waals surface area contributed by atoms with Crippen LogP contribution in [-0.4, -0.2) is 44.0 Å². The molecule has 1 fully saturated rings. The molecule has 2 N–H and O–H groups in total. The van der Waals surface area contributed by atoms with Crippen LogP contribution in [0.1, 0.15) is 13.3 Å². The summed E-state index contributed by atoms with van der Waals surface area (Å²) in [6.07, 6.45) is 1.10. The van der Waals surface area contributed by atoms with E-state index in [1.165, 1.54) is 5.69 Å². The van der Waals surface area contributed by atoms with Gasteiger partial charge >= 0.3 is 0 Å². The van der Waals surface area contributed by atoms with Crippen LogP contribution in [0.25, 0.3) is 0 Å². The normalized spacial score (nSPS) is 20.6. The molecule has 1 atom stereocenters. The molecule has 4 heteroatoms. The number of ether oxygens (including phenoxy) is 1. The summed E-state index contributed by atoms with van der Waals surface area (Å²) in [5.74, 6) is 0.910. The molecule has 0 aliphatic carbocycles. The second-order valence-corrected chi connectivity index (χ2v) is 4.56. The van der Waals surface area contributed by atoms with Crippen LogP contribution in [-0.2, 0) is 0 Å². The number of rotatable bonds is 4. The Morgan fingerprint density at radius 1 is 1.39 bits per heavy atom. The number of nitrogens with zero attached hydrogens (tertiary/aromatic N) is 1. The van der Waals surface area contributed by atoms with Crippen molar-refractivity contribution in [3.8, 4) is 5.75 Å². The van der Waals surface area contributed by atoms with Crippen molar-refractivity contribution < 1.29 is 9.84 Å². The van der Waals surface area contributed by atoms with E-state index < -0.39 is 0 Å². The Morgan fingerprint density at radius 3 is 2.83 bits per heavy atom. The van der Waals surface area contributed by atoms with Gasteiger partial charge in [0.15, 0.2) is 0 Å². The second kappa shape index (κ2) is 6.61. The Bertz CT molecular complexity index is 353. The summed E-state index contributed by atoms with van der Waals surface area (Å²) in [5.41, 5.74) is 1.20. The van der Waals surface area contributed by atoms with E-state index in [0.29, 0.717) is 6.61 Å². The highest BCUT2D eigenvalue weighted by Gasteiger charge is 2.17. The molecular formula is C14H22N2O2. The van der Waals surface area contributed by atoms with Crippen LogP contribution in [0.4, 0.5) is 5.69 Å². The first-order chi connectivity index (χ1) is 8.83. The Kier molecular flexibility index (Phi) is 4.84. The monoisotopic (exact) mass is 250 g/mol. The number of nitrogens with one attached hydrogen (secondary N) is 1. The van der Waals surface area contributed by atoms with Crippen molar-refractivity contribution in [3.05, 3.63) is 24.3 Å². The zero-order chi connectivity index (χ0) is 12.8. The van der Waals surface area contributed by atoms with Gasteiger partial charge < -0.3 is 20.1 Å². The van der Waals surface area contributed by atoms with Crippen molar-refractivity contribution in [3.63, 3.8) is 0 Å². The lowest BCUT2D eigenvalue weighted by atomic mass is 10.2. The molecule has 100 valence electrons. The summed E-state index contributed by atoms with van der Waals surface area (Å²) >= 11 is 0. The summed E-state index contributed by atoms with van der Waals surface area (Å²) in [4.78, 5) is 2.32. The fourth-order valence-electron chi connectivity index (χ4n) is 2.27. The number of hydrogen-bond acceptors (Lipinski definition) is 4. The average molecular weight is 250 g/mol. The molecule has 0 aromatic heterocycles. The zero-order valence-electron chi connectivity index (χ0n) is 10.9. The predicted molar refractivity (Wildman–Crippen MR) is 73.3 cm³/mol. The van der Waals surface area contributed by atoms with E-state index in [1.54, 1.807) is 0 Å². The topological polar surface area (TPSA) is 44.7 Å². The predicted octanol–water partition coefficient (Wildman–Crippen LogP) is 1.25. The summed E-state index contributed by atoms with van der Waals surface area (Å²) < 4.78 is 5.44. The van der Waals surface area contributed by atoms with Crippen LogP contribution in [0.15, 0.2) is 24.3 Å². The van der Waals surface area contributed by atoms with Gasteiger partial charge in [-0.3, -0.25) is 0 Å². The molecule has 0 spiro atoms. The molecule has 1 aliphatic rings. The van der Waals surface area contributed by atoms with Gasteiger partial charge in [0, 0.05) is 24.8 Å². The highest BCUT2D eigenvalue weighted by Crippen LogP contribution is 2.20. The smallest absolute Gasteiger partial charge is 0.119 e. The van der Waals surface area contributed by atoms with Crippen molar-refractivity contribution in [2.75, 3.05) is 37.7 Å². The number of benzene rings is 1. The molecular weight excluding hydrogens is 228 g/mol. The molecule has 2 rings (SSSR count). The number of aliphatic hydroxyl groups excluding tert-OH is 1. The minimum atomic E-state index is 0.166. The summed E-state index contributed by atoms with van der Waals surface area (Å²) in [7, 11) is 0. The van der Waals surface area contributed by atoms with Crippen molar-refractivity contribution >= 4 is 5.69 Å². The first-order valence-corrected chi connectivity index (χ1v) is 6.65. The van der Waals surface area contributed by atoms with Crippen LogP contribution in [0.5, 0.6) is 5.75 Å². The molecule has 0 amide bonds. The van der Waals surface area contributed by atoms with Gasteiger partial charge in [0.25, 0.3) is 0 Å². The van der Waals surface area contributed by atoms with Crippen LogP contribution in [0, 0.1) is 0 Å². The van der Waals surface area contributed by atoms with E-state index in [9.17, 15) is 5.11 Å². The Hall–Kier alpha value is -1.26. The van der Waals surface area contributed by atoms with E-state index >= 15 is 0 Å². The lowest BCUT2D eigenvalue weighted by Gasteiger charge is -2.25. The van der Waals surface area contributed by atoms with Gasteiger partial charge in [-0.15, -0.1) is 0 Å². The molecule has 1 saturated heterocycles. The number of aliphatic hydroxyl groups is 1. The van der Waals surface area contributed by atoms with E-state index in [0.717, 1.165) is 31.8 Å². The fourth-order valence-corrected chi connectivity index (χ4v) is 2.27. The molecule has 18 heavy (non-hydrogen) atoms. The van der Waals surface area contributed by atoms with Crippen molar-refractivity contribution in [2.45, 2.75) is 19.4 Å². The lowest BCUT2D eigenvalue weighted by molar-refractivity contribution is 0.248. The summed E-state index contributed by atoms with van der Waals surface area (Å²) in [6.45, 7) is 5.72. The fraction of sp³-hybridized carbons (Fsp3) is 0.571. The third-order valence-corrected chi connectivity index (χ3v) is 3.21. The van der Waals surface area contributed by atoms with E-state index in [1.807, 2.05) is 19.1 Å². The van der Waals surface area contributed by atoms with Gasteiger partial charge in [0.05, 0.1) is 13.2 Å². The molecule has 1 aromatic rings. The standard InChI is InChI=1S/C14H22N2O2/c1-2-18-14-6-4-13(5-7-14)16-9-3-8-15-12(10-16)11-17/h4-7,12,15,17H,2-3,8-11H2,1H3. The lowest BCUT2D eigenvalue weighted by Crippen LogP contribution is -2.40. The van der Waals surface area contributed by atoms with Crippen molar-refractivity contribution in [1.29, 1.82) is 0 Å². The number of anilines is 1. The van der Waals surface area contributed by atoms with Crippen LogP contribution < -0.4 is 15.0 Å². The zero-order valence-corrected chi connectivity index (χ0v) is 10.9. The van der Waals surface area contributed by atoms with Gasteiger partial charge in [-0.1, -0.05) is 0 Å². The molecule has 1 heterocycles. The van der Waals surface area contributed by atoms with Crippen LogP contribution in [0.2, 0.25) is 0 Å². The third kappa shape index (κ3) is 3.37. The number of hydrogen-bond donors (Lipinski definition) is 2. The molecule has 0 bridgehead atoms. The van der Waals surface area contributed by atoms with Gasteiger partial charge in [0.1, 0.15) is 5.75 Å². The first-order valence-electron chi connectivity index (χ1n) is 6.65. The summed E-state index contributed by atoms with van der Waals surface area (Å²) in [6, 6.07) is 8.35. The molecule has 1 unspecified atom stereocenters. The Labute approximate surface area is 109 Å². The minimum absolute atomic E-state index is 0.166. The van der Waals surface area contributed by atoms with Crippen LogP contribution >= 0.6 is 0 Å². The van der Waals surface area contributed by atoms with Gasteiger partial charge in [-0.05, 0) is 44.2 Å². The molecule has 1 aliphatic heterocycles. The largest absolute Gasteiger partial charge is 0.494 e. The Morgan fingerprint density at radius 2 is 2.17 bits per heavy atom. The maximum Gasteiger partial charge on any atom is 0.119 e. The molecule has 0 saturated carbocycles. The highest BCUT2D eigenvalue weighted by molar-refractivity contribution is 5.49. The average Bonchev–Trinajstić information content (AvgIpc) is 2.65. The maximum atomic E-state index is 9.29. The summed E-state index contributed by atoms with van der Waals surface area (Å²) in [5, 5.41) is 12.6. The van der Waals surface area contributed by atoms with Gasteiger partial charge in [-0.2, -0.15) is 0 Å². The van der Waals surface area contributed by atoms with Crippen molar-refractivity contribution in [2.24, 2.45) is 0 Å². The van der Waals surface area contributed by atoms with E-state index in [-0.39, 0.29) is 12.6 Å². The van der Waals surface area contributed by atoms with E-state index in [2.05, 4.69) is 22.3 Å². The van der Waals surface area contributed by atoms with E-state index in [4.69, 9.17) is 4.74 Å². The highest BCUT2D eigenvalue weighted by atomic mass is 16.5. The Balaban J connectivity index is 2.04. The molecule has 4 nitrogen and oxygen atoms in total. The van der Waals surface area contributed by atoms with Gasteiger partial charge in [-0.25, -0.2) is 0 Å². The molecule has 0 radical (unpaired) electrons. The quantitative estimate of drug-likeness (QED) is 0.844. The first kappa shape index (κ1) is 13.2. The van der Waals surface area contributed by atoms with Gasteiger partial charge in [0.2, 0.25) is 0 Å². The maximum absolute atomic E-state index is 9.29.